The monoisotopic (exact) mass is 551 g/mol. The van der Waals surface area contributed by atoms with Gasteiger partial charge in [-0.25, -0.2) is 9.78 Å². The van der Waals surface area contributed by atoms with Crippen LogP contribution in [-0.4, -0.2) is 47.3 Å². The average Bonchev–Trinajstić information content (AvgIpc) is 3.26. The molecule has 0 bridgehead atoms. The minimum atomic E-state index is -0.894. The first-order valence-corrected chi connectivity index (χ1v) is 13.9. The molecule has 1 unspecified atom stereocenters. The number of anilines is 1. The molecule has 6 rings (SSSR count). The normalized spacial score (nSPS) is 17.4. The predicted molar refractivity (Wildman–Crippen MR) is 157 cm³/mol. The third kappa shape index (κ3) is 4.84. The molecule has 1 atom stereocenters. The van der Waals surface area contributed by atoms with Gasteiger partial charge in [0.05, 0.1) is 13.5 Å². The molecule has 210 valence electrons. The molecule has 1 spiro atoms. The Hall–Kier alpha value is -4.59. The number of nitrogens with zero attached hydrogens (tertiary/aromatic N) is 2. The van der Waals surface area contributed by atoms with Gasteiger partial charge in [-0.2, -0.15) is 0 Å². The molecule has 3 aromatic carbocycles. The Labute approximate surface area is 238 Å². The van der Waals surface area contributed by atoms with E-state index in [-0.39, 0.29) is 24.0 Å². The van der Waals surface area contributed by atoms with Gasteiger partial charge in [0.15, 0.2) is 0 Å². The number of piperidine rings is 1. The van der Waals surface area contributed by atoms with Crippen LogP contribution < -0.4 is 10.5 Å². The summed E-state index contributed by atoms with van der Waals surface area (Å²) in [5, 5.41) is 11.5. The van der Waals surface area contributed by atoms with E-state index >= 15 is 0 Å². The highest BCUT2D eigenvalue weighted by Crippen LogP contribution is 2.53. The molecule has 1 saturated heterocycles. The van der Waals surface area contributed by atoms with Gasteiger partial charge in [0.1, 0.15) is 17.7 Å². The van der Waals surface area contributed by atoms with Gasteiger partial charge in [0.2, 0.25) is 0 Å². The van der Waals surface area contributed by atoms with Gasteiger partial charge < -0.3 is 25.2 Å². The molecule has 0 saturated carbocycles. The Morgan fingerprint density at radius 1 is 1.07 bits per heavy atom. The molecule has 2 heterocycles. The second-order valence-corrected chi connectivity index (χ2v) is 11.1. The minimum absolute atomic E-state index is 0.104. The van der Waals surface area contributed by atoms with Crippen LogP contribution in [0.2, 0.25) is 0 Å². The number of likely N-dealkylation sites (tertiary alicyclic amines) is 1. The number of rotatable bonds is 5. The highest BCUT2D eigenvalue weighted by molar-refractivity contribution is 5.94. The van der Waals surface area contributed by atoms with E-state index in [0.717, 1.165) is 52.3 Å². The second-order valence-electron chi connectivity index (χ2n) is 11.1. The summed E-state index contributed by atoms with van der Waals surface area (Å²) in [6, 6.07) is 20.4. The van der Waals surface area contributed by atoms with Crippen molar-refractivity contribution in [2.75, 3.05) is 25.9 Å². The lowest BCUT2D eigenvalue weighted by Gasteiger charge is -2.39. The molecule has 41 heavy (non-hydrogen) atoms. The van der Waals surface area contributed by atoms with Crippen molar-refractivity contribution in [1.82, 2.24) is 9.88 Å². The van der Waals surface area contributed by atoms with Crippen LogP contribution in [0.25, 0.3) is 21.9 Å². The zero-order valence-electron chi connectivity index (χ0n) is 23.2. The quantitative estimate of drug-likeness (QED) is 0.311. The van der Waals surface area contributed by atoms with Crippen molar-refractivity contribution in [3.05, 3.63) is 89.1 Å². The van der Waals surface area contributed by atoms with Crippen LogP contribution in [-0.2, 0) is 21.4 Å². The fourth-order valence-corrected chi connectivity index (χ4v) is 6.58. The number of carbonyl (C=O) groups excluding carboxylic acids is 1. The molecule has 1 aliphatic carbocycles. The van der Waals surface area contributed by atoms with Gasteiger partial charge in [0.25, 0.3) is 0 Å². The number of fused-ring (bicyclic) bond motifs is 3. The molecule has 2 aliphatic rings. The Morgan fingerprint density at radius 2 is 1.83 bits per heavy atom. The van der Waals surface area contributed by atoms with Gasteiger partial charge in [-0.15, -0.1) is 0 Å². The summed E-state index contributed by atoms with van der Waals surface area (Å²) >= 11 is 0. The molecule has 8 nitrogen and oxygen atoms in total. The number of benzene rings is 3. The summed E-state index contributed by atoms with van der Waals surface area (Å²) in [6.45, 7) is 3.12. The first kappa shape index (κ1) is 26.6. The van der Waals surface area contributed by atoms with E-state index in [4.69, 9.17) is 15.2 Å². The lowest BCUT2D eigenvalue weighted by Crippen LogP contribution is -2.44. The van der Waals surface area contributed by atoms with E-state index in [0.29, 0.717) is 30.2 Å². The van der Waals surface area contributed by atoms with Gasteiger partial charge in [-0.05, 0) is 83.7 Å². The molecule has 4 aromatic rings. The first-order valence-electron chi connectivity index (χ1n) is 13.9. The molecule has 1 fully saturated rings. The summed E-state index contributed by atoms with van der Waals surface area (Å²) in [5.74, 6) is 0.200. The van der Waals surface area contributed by atoms with Crippen LogP contribution in [0.4, 0.5) is 10.6 Å². The topological polar surface area (TPSA) is 115 Å². The SMILES string of the molecule is COC(=O)N1CCC2(CC1)CC(Oc1cccc(C)c1CC(=O)O)c1cc(-c3ccc4ccnc(N)c4c3)ccc12. The fourth-order valence-electron chi connectivity index (χ4n) is 6.58. The van der Waals surface area contributed by atoms with E-state index in [1.807, 2.05) is 31.2 Å². The standard InChI is InChI=1S/C33H33N3O5/c1-20-4-3-5-28(24(20)18-30(37)38)41-29-19-33(11-14-36(15-12-33)32(39)40-2)27-9-8-23(17-26(27)29)22-7-6-21-10-13-35-31(34)25(21)16-22/h3-10,13,16-17,29H,11-12,14-15,18-19H2,1-2H3,(H2,34,35)(H,37,38). The van der Waals surface area contributed by atoms with Gasteiger partial charge >= 0.3 is 12.1 Å². The van der Waals surface area contributed by atoms with Crippen molar-refractivity contribution in [3.63, 3.8) is 0 Å². The van der Waals surface area contributed by atoms with Crippen molar-refractivity contribution in [2.45, 2.75) is 44.1 Å². The van der Waals surface area contributed by atoms with E-state index in [2.05, 4.69) is 41.4 Å². The average molecular weight is 552 g/mol. The second kappa shape index (κ2) is 10.4. The van der Waals surface area contributed by atoms with Gasteiger partial charge in [0, 0.05) is 35.7 Å². The Morgan fingerprint density at radius 3 is 2.59 bits per heavy atom. The number of carbonyl (C=O) groups is 2. The number of hydrogen-bond donors (Lipinski definition) is 2. The lowest BCUT2D eigenvalue weighted by atomic mass is 9.73. The van der Waals surface area contributed by atoms with E-state index < -0.39 is 5.97 Å². The molecule has 1 aliphatic heterocycles. The maximum atomic E-state index is 12.2. The number of methoxy groups -OCH3 is 1. The summed E-state index contributed by atoms with van der Waals surface area (Å²) in [6.07, 6.45) is 3.37. The van der Waals surface area contributed by atoms with Crippen LogP contribution in [0.3, 0.4) is 0 Å². The van der Waals surface area contributed by atoms with Crippen LogP contribution in [0.15, 0.2) is 66.9 Å². The molecule has 3 N–H and O–H groups in total. The molecule has 1 aromatic heterocycles. The summed E-state index contributed by atoms with van der Waals surface area (Å²) in [5.41, 5.74) is 12.0. The Balaban J connectivity index is 1.41. The molecule has 1 amide bonds. The number of hydrogen-bond acceptors (Lipinski definition) is 6. The number of pyridine rings is 1. The maximum absolute atomic E-state index is 12.2. The van der Waals surface area contributed by atoms with Gasteiger partial charge in [-0.3, -0.25) is 4.79 Å². The number of nitrogens with two attached hydrogens (primary N) is 1. The number of ether oxygens (including phenoxy) is 2. The van der Waals surface area contributed by atoms with Crippen molar-refractivity contribution < 1.29 is 24.2 Å². The number of aliphatic carboxylic acids is 1. The third-order valence-corrected chi connectivity index (χ3v) is 8.79. The van der Waals surface area contributed by atoms with Crippen LogP contribution in [0, 0.1) is 6.92 Å². The number of amides is 1. The highest BCUT2D eigenvalue weighted by Gasteiger charge is 2.47. The van der Waals surface area contributed by atoms with Crippen molar-refractivity contribution in [3.8, 4) is 16.9 Å². The maximum Gasteiger partial charge on any atom is 0.409 e. The highest BCUT2D eigenvalue weighted by atomic mass is 16.5. The van der Waals surface area contributed by atoms with E-state index in [1.165, 1.54) is 12.7 Å². The van der Waals surface area contributed by atoms with Crippen molar-refractivity contribution in [1.29, 1.82) is 0 Å². The summed E-state index contributed by atoms with van der Waals surface area (Å²) in [7, 11) is 1.41. The Bertz CT molecular complexity index is 1660. The molecular weight excluding hydrogens is 518 g/mol. The molecule has 8 heteroatoms. The zero-order chi connectivity index (χ0) is 28.7. The largest absolute Gasteiger partial charge is 0.485 e. The number of aryl methyl sites for hydroxylation is 1. The van der Waals surface area contributed by atoms with Gasteiger partial charge in [-0.1, -0.05) is 36.4 Å². The van der Waals surface area contributed by atoms with Crippen LogP contribution in [0.5, 0.6) is 5.75 Å². The van der Waals surface area contributed by atoms with Crippen molar-refractivity contribution in [2.24, 2.45) is 0 Å². The predicted octanol–water partition coefficient (Wildman–Crippen LogP) is 6.04. The lowest BCUT2D eigenvalue weighted by molar-refractivity contribution is -0.136. The smallest absolute Gasteiger partial charge is 0.409 e. The summed E-state index contributed by atoms with van der Waals surface area (Å²) < 4.78 is 11.7. The number of carboxylic acid groups (broad SMARTS) is 1. The van der Waals surface area contributed by atoms with Crippen molar-refractivity contribution >= 4 is 28.7 Å². The zero-order valence-corrected chi connectivity index (χ0v) is 23.2. The molecule has 0 radical (unpaired) electrons. The number of carboxylic acids is 1. The van der Waals surface area contributed by atoms with Crippen LogP contribution >= 0.6 is 0 Å². The Kier molecular flexibility index (Phi) is 6.77. The number of nitrogen functional groups attached to an aromatic ring is 1. The first-order chi connectivity index (χ1) is 19.8. The third-order valence-electron chi connectivity index (χ3n) is 8.79. The number of aromatic nitrogens is 1. The molecular formula is C33H33N3O5. The minimum Gasteiger partial charge on any atom is -0.485 e. The fraction of sp³-hybridized carbons (Fsp3) is 0.303. The van der Waals surface area contributed by atoms with Crippen LogP contribution in [0.1, 0.15) is 47.6 Å². The van der Waals surface area contributed by atoms with E-state index in [1.54, 1.807) is 11.1 Å². The van der Waals surface area contributed by atoms with E-state index in [9.17, 15) is 14.7 Å². The summed E-state index contributed by atoms with van der Waals surface area (Å²) in [4.78, 5) is 29.9.